The van der Waals surface area contributed by atoms with Gasteiger partial charge >= 0.3 is 6.18 Å². The zero-order valence-electron chi connectivity index (χ0n) is 27.5. The van der Waals surface area contributed by atoms with Gasteiger partial charge in [-0.3, -0.25) is 9.89 Å². The number of benzene rings is 2. The third kappa shape index (κ3) is 5.85. The second-order valence-electron chi connectivity index (χ2n) is 14.3. The van der Waals surface area contributed by atoms with Gasteiger partial charge in [0.2, 0.25) is 11.9 Å². The molecule has 3 saturated heterocycles. The molecule has 49 heavy (non-hydrogen) atoms. The lowest BCUT2D eigenvalue weighted by Crippen LogP contribution is -2.61. The van der Waals surface area contributed by atoms with Crippen LogP contribution in [0.5, 0.6) is 5.75 Å². The number of nitrogens with one attached hydrogen (secondary N) is 1. The Bertz CT molecular complexity index is 1930. The van der Waals surface area contributed by atoms with Crippen LogP contribution in [-0.4, -0.2) is 94.2 Å². The average Bonchev–Trinajstić information content (AvgIpc) is 3.81. The lowest BCUT2D eigenvalue weighted by molar-refractivity contribution is -0.153. The minimum Gasteiger partial charge on any atom is -0.481 e. The number of carbonyl (C=O) groups is 1. The number of alkyl halides is 3. The summed E-state index contributed by atoms with van der Waals surface area (Å²) in [6, 6.07) is 5.97. The summed E-state index contributed by atoms with van der Waals surface area (Å²) in [6.07, 6.45) is 2.76. The van der Waals surface area contributed by atoms with Crippen LogP contribution < -0.4 is 14.5 Å². The van der Waals surface area contributed by atoms with Crippen LogP contribution in [0.1, 0.15) is 55.6 Å². The number of ether oxygens (including phenoxy) is 1. The van der Waals surface area contributed by atoms with Gasteiger partial charge in [-0.2, -0.15) is 23.3 Å². The molecule has 4 aromatic rings. The van der Waals surface area contributed by atoms with Crippen molar-refractivity contribution in [2.24, 2.45) is 5.41 Å². The molecular formula is C36H40F3N7O3. The van der Waals surface area contributed by atoms with Crippen molar-refractivity contribution in [3.63, 3.8) is 0 Å². The average molecular weight is 676 g/mol. The summed E-state index contributed by atoms with van der Waals surface area (Å²) < 4.78 is 47.8. The monoisotopic (exact) mass is 675 g/mol. The Morgan fingerprint density at radius 2 is 1.80 bits per heavy atom. The highest BCUT2D eigenvalue weighted by Crippen LogP contribution is 2.53. The maximum atomic E-state index is 14.0. The topological polar surface area (TPSA) is 111 Å². The Hall–Kier alpha value is -4.39. The van der Waals surface area contributed by atoms with Crippen LogP contribution in [-0.2, 0) is 4.79 Å². The van der Waals surface area contributed by atoms with Crippen molar-refractivity contribution in [2.75, 3.05) is 55.7 Å². The van der Waals surface area contributed by atoms with Gasteiger partial charge in [0.05, 0.1) is 17.8 Å². The van der Waals surface area contributed by atoms with Gasteiger partial charge in [-0.05, 0) is 86.3 Å². The molecule has 0 radical (unpaired) electrons. The van der Waals surface area contributed by atoms with Crippen molar-refractivity contribution in [1.82, 2.24) is 25.1 Å². The standard InChI is InChI=1S/C36H40F3N7O3/c1-3-28(48)46-18-35(19-46)10-14-44(15-11-35)33-25-16-24(22-5-6-22)30(29-21(2)4-7-27-26(29)17-40-43-27)32(49-20-36(37,38)39)31(25)41-34(42-33)45-12-8-23(47)9-13-45/h3-4,7,16-17,22-23,47H,1,5-6,8-15,18-20H2,2H3,(H,40,43). The van der Waals surface area contributed by atoms with Gasteiger partial charge in [0.25, 0.3) is 0 Å². The van der Waals surface area contributed by atoms with Crippen LogP contribution in [0, 0.1) is 12.3 Å². The van der Waals surface area contributed by atoms with E-state index in [1.54, 1.807) is 6.20 Å². The number of aryl methyl sites for hydroxylation is 1. The number of amides is 1. The highest BCUT2D eigenvalue weighted by atomic mass is 19.4. The van der Waals surface area contributed by atoms with Crippen LogP contribution in [0.25, 0.3) is 32.9 Å². The van der Waals surface area contributed by atoms with Crippen molar-refractivity contribution < 1.29 is 27.8 Å². The van der Waals surface area contributed by atoms with E-state index in [2.05, 4.69) is 27.7 Å². The highest BCUT2D eigenvalue weighted by Gasteiger charge is 2.46. The minimum absolute atomic E-state index is 0.0397. The molecule has 2 aromatic carbocycles. The van der Waals surface area contributed by atoms with Gasteiger partial charge in [-0.15, -0.1) is 0 Å². The molecule has 0 atom stereocenters. The Morgan fingerprint density at radius 1 is 1.06 bits per heavy atom. The van der Waals surface area contributed by atoms with Gasteiger partial charge in [0.1, 0.15) is 11.3 Å². The van der Waals surface area contributed by atoms with E-state index >= 15 is 0 Å². The number of aliphatic hydroxyl groups is 1. The van der Waals surface area contributed by atoms with Crippen LogP contribution in [0.3, 0.4) is 0 Å². The lowest BCUT2D eigenvalue weighted by atomic mass is 9.72. The predicted molar refractivity (Wildman–Crippen MR) is 181 cm³/mol. The molecule has 2 aromatic heterocycles. The fourth-order valence-corrected chi connectivity index (χ4v) is 7.96. The fraction of sp³-hybridized carbons (Fsp3) is 0.500. The first kappa shape index (κ1) is 31.9. The number of carbonyl (C=O) groups excluding carboxylic acids is 1. The summed E-state index contributed by atoms with van der Waals surface area (Å²) in [5.41, 5.74) is 4.43. The van der Waals surface area contributed by atoms with E-state index in [-0.39, 0.29) is 23.0 Å². The summed E-state index contributed by atoms with van der Waals surface area (Å²) in [5.74, 6) is 1.33. The highest BCUT2D eigenvalue weighted by molar-refractivity contribution is 6.06. The first-order valence-corrected chi connectivity index (χ1v) is 17.1. The van der Waals surface area contributed by atoms with Crippen LogP contribution in [0.2, 0.25) is 0 Å². The molecule has 1 amide bonds. The summed E-state index contributed by atoms with van der Waals surface area (Å²) in [7, 11) is 0. The number of hydrogen-bond acceptors (Lipinski definition) is 8. The number of piperidine rings is 2. The molecule has 0 bridgehead atoms. The lowest BCUT2D eigenvalue weighted by Gasteiger charge is -2.54. The molecule has 0 unspecified atom stereocenters. The van der Waals surface area contributed by atoms with E-state index in [0.717, 1.165) is 53.3 Å². The Labute approximate surface area is 281 Å². The molecule has 1 spiro atoms. The number of H-pyrrole nitrogens is 1. The molecule has 1 aliphatic carbocycles. The van der Waals surface area contributed by atoms with Gasteiger partial charge in [0.15, 0.2) is 12.4 Å². The molecule has 3 aliphatic heterocycles. The van der Waals surface area contributed by atoms with Crippen LogP contribution in [0.4, 0.5) is 24.9 Å². The largest absolute Gasteiger partial charge is 0.481 e. The van der Waals surface area contributed by atoms with Crippen LogP contribution >= 0.6 is 0 Å². The molecule has 1 saturated carbocycles. The Kier molecular flexibility index (Phi) is 7.73. The normalized spacial score (nSPS) is 19.9. The van der Waals surface area contributed by atoms with Gasteiger partial charge in [-0.25, -0.2) is 4.98 Å². The van der Waals surface area contributed by atoms with E-state index in [1.165, 1.54) is 6.08 Å². The minimum atomic E-state index is -4.57. The van der Waals surface area contributed by atoms with Gasteiger partial charge in [0, 0.05) is 61.0 Å². The quantitative estimate of drug-likeness (QED) is 0.234. The number of rotatable bonds is 7. The molecule has 5 heterocycles. The molecule has 8 rings (SSSR count). The summed E-state index contributed by atoms with van der Waals surface area (Å²) >= 11 is 0. The van der Waals surface area contributed by atoms with Crippen molar-refractivity contribution in [1.29, 1.82) is 0 Å². The maximum Gasteiger partial charge on any atom is 0.422 e. The number of aliphatic hydroxyl groups excluding tert-OH is 1. The molecule has 2 N–H and O–H groups in total. The van der Waals surface area contributed by atoms with Crippen molar-refractivity contribution in [2.45, 2.75) is 63.6 Å². The molecule has 4 aliphatic rings. The fourth-order valence-electron chi connectivity index (χ4n) is 7.96. The van der Waals surface area contributed by atoms with E-state index in [0.29, 0.717) is 80.3 Å². The molecule has 4 fully saturated rings. The number of likely N-dealkylation sites (tertiary alicyclic amines) is 1. The Balaban J connectivity index is 1.31. The second kappa shape index (κ2) is 11.9. The van der Waals surface area contributed by atoms with E-state index in [9.17, 15) is 23.1 Å². The summed E-state index contributed by atoms with van der Waals surface area (Å²) in [5, 5.41) is 19.0. The molecule has 258 valence electrons. The first-order valence-electron chi connectivity index (χ1n) is 17.1. The number of anilines is 2. The summed E-state index contributed by atoms with van der Waals surface area (Å²) in [4.78, 5) is 28.4. The third-order valence-electron chi connectivity index (χ3n) is 10.8. The first-order chi connectivity index (χ1) is 23.5. The third-order valence-corrected chi connectivity index (χ3v) is 10.8. The SMILES string of the molecule is C=CC(=O)N1CC2(CCN(c3nc(N4CCC(O)CC4)nc4c(OCC(F)(F)F)c(-c5c(C)ccc6[nH]ncc56)c(C5CC5)cc34)CC2)C1. The van der Waals surface area contributed by atoms with Crippen molar-refractivity contribution >= 4 is 39.5 Å². The summed E-state index contributed by atoms with van der Waals surface area (Å²) in [6.45, 7) is 7.94. The van der Waals surface area contributed by atoms with Crippen molar-refractivity contribution in [3.8, 4) is 16.9 Å². The Morgan fingerprint density at radius 3 is 2.47 bits per heavy atom. The number of aromatic amines is 1. The number of nitrogens with zero attached hydrogens (tertiary/aromatic N) is 6. The predicted octanol–water partition coefficient (Wildman–Crippen LogP) is 5.88. The maximum absolute atomic E-state index is 14.0. The number of aromatic nitrogens is 4. The molecular weight excluding hydrogens is 635 g/mol. The zero-order chi connectivity index (χ0) is 34.1. The smallest absolute Gasteiger partial charge is 0.422 e. The van der Waals surface area contributed by atoms with E-state index in [1.807, 2.05) is 28.9 Å². The van der Waals surface area contributed by atoms with E-state index in [4.69, 9.17) is 14.7 Å². The van der Waals surface area contributed by atoms with Gasteiger partial charge < -0.3 is 24.5 Å². The second-order valence-corrected chi connectivity index (χ2v) is 14.3. The molecule has 13 heteroatoms. The van der Waals surface area contributed by atoms with Crippen LogP contribution in [0.15, 0.2) is 37.1 Å². The van der Waals surface area contributed by atoms with Gasteiger partial charge in [-0.1, -0.05) is 12.6 Å². The number of fused-ring (bicyclic) bond motifs is 2. The number of hydrogen-bond donors (Lipinski definition) is 2. The van der Waals surface area contributed by atoms with E-state index < -0.39 is 18.9 Å². The van der Waals surface area contributed by atoms with Crippen molar-refractivity contribution in [3.05, 3.63) is 48.2 Å². The number of halogens is 3. The molecule has 10 nitrogen and oxygen atoms in total. The zero-order valence-corrected chi connectivity index (χ0v) is 27.5.